The van der Waals surface area contributed by atoms with Gasteiger partial charge in [-0.3, -0.25) is 4.58 Å². The zero-order valence-electron chi connectivity index (χ0n) is 19.2. The number of nitrogens with zero attached hydrogens (tertiary/aromatic N) is 2. The summed E-state index contributed by atoms with van der Waals surface area (Å²) in [6.45, 7) is 12.8. The van der Waals surface area contributed by atoms with Gasteiger partial charge >= 0.3 is 0 Å². The minimum atomic E-state index is 0.796. The van der Waals surface area contributed by atoms with Gasteiger partial charge in [0.1, 0.15) is 24.5 Å². The van der Waals surface area contributed by atoms with Crippen molar-refractivity contribution in [1.29, 1.82) is 0 Å². The Kier molecular flexibility index (Phi) is 8.12. The van der Waals surface area contributed by atoms with Gasteiger partial charge in [0.2, 0.25) is 6.34 Å². The average molecular weight is 406 g/mol. The van der Waals surface area contributed by atoms with Gasteiger partial charge in [-0.15, -0.1) is 0 Å². The maximum Gasteiger partial charge on any atom is 0.239 e. The van der Waals surface area contributed by atoms with Gasteiger partial charge in [0.25, 0.3) is 0 Å². The fourth-order valence-corrected chi connectivity index (χ4v) is 4.40. The zero-order chi connectivity index (χ0) is 21.3. The van der Waals surface area contributed by atoms with E-state index in [1.165, 1.54) is 41.6 Å². The fraction of sp³-hybridized carbons (Fsp3) is 0.444. The number of ether oxygens (including phenoxy) is 1. The van der Waals surface area contributed by atoms with Crippen molar-refractivity contribution in [2.75, 3.05) is 31.1 Å². The van der Waals surface area contributed by atoms with Crippen LogP contribution in [-0.4, -0.2) is 37.2 Å². The second kappa shape index (κ2) is 11.0. The molecule has 3 heteroatoms. The van der Waals surface area contributed by atoms with E-state index in [0.29, 0.717) is 0 Å². The number of aryl methyl sites for hydroxylation is 3. The summed E-state index contributed by atoms with van der Waals surface area (Å²) < 4.78 is 8.46. The molecule has 0 amide bonds. The van der Waals surface area contributed by atoms with Gasteiger partial charge < -0.3 is 4.74 Å². The number of anilines is 1. The number of hydrogen-bond donors (Lipinski definition) is 0. The molecule has 2 aromatic carbocycles. The predicted octanol–water partition coefficient (Wildman–Crippen LogP) is 6.15. The van der Waals surface area contributed by atoms with Crippen LogP contribution in [0.1, 0.15) is 54.9 Å². The van der Waals surface area contributed by atoms with E-state index in [1.54, 1.807) is 0 Å². The first-order chi connectivity index (χ1) is 14.6. The van der Waals surface area contributed by atoms with Crippen molar-refractivity contribution in [3.05, 3.63) is 64.7 Å². The highest BCUT2D eigenvalue weighted by atomic mass is 16.5. The largest absolute Gasteiger partial charge is 0.493 e. The van der Waals surface area contributed by atoms with Crippen molar-refractivity contribution >= 4 is 18.1 Å². The van der Waals surface area contributed by atoms with Crippen LogP contribution in [0.3, 0.4) is 0 Å². The highest BCUT2D eigenvalue weighted by Crippen LogP contribution is 2.26. The minimum absolute atomic E-state index is 0.796. The van der Waals surface area contributed by atoms with Crippen molar-refractivity contribution in [3.63, 3.8) is 0 Å². The lowest BCUT2D eigenvalue weighted by molar-refractivity contribution is -0.514. The first kappa shape index (κ1) is 22.1. The molecular weight excluding hydrogens is 368 g/mol. The minimum Gasteiger partial charge on any atom is -0.493 e. The summed E-state index contributed by atoms with van der Waals surface area (Å²) >= 11 is 0. The summed E-state index contributed by atoms with van der Waals surface area (Å²) in [5.74, 6) is 0.990. The highest BCUT2D eigenvalue weighted by Gasteiger charge is 2.24. The maximum absolute atomic E-state index is 5.99. The fourth-order valence-electron chi connectivity index (χ4n) is 4.40. The lowest BCUT2D eigenvalue weighted by atomic mass is 10.0. The molecule has 1 aliphatic rings. The molecule has 0 spiro atoms. The van der Waals surface area contributed by atoms with Crippen molar-refractivity contribution in [3.8, 4) is 5.75 Å². The van der Waals surface area contributed by atoms with Crippen molar-refractivity contribution < 1.29 is 9.31 Å². The van der Waals surface area contributed by atoms with Gasteiger partial charge in [0, 0.05) is 5.56 Å². The van der Waals surface area contributed by atoms with Crippen LogP contribution in [0.15, 0.2) is 42.5 Å². The molecule has 0 N–H and O–H groups in total. The monoisotopic (exact) mass is 405 g/mol. The molecule has 3 nitrogen and oxygen atoms in total. The topological polar surface area (TPSA) is 15.5 Å². The van der Waals surface area contributed by atoms with Crippen LogP contribution < -0.4 is 9.64 Å². The normalized spacial score (nSPS) is 13.9. The van der Waals surface area contributed by atoms with Crippen LogP contribution in [0, 0.1) is 20.8 Å². The first-order valence-electron chi connectivity index (χ1n) is 11.4. The molecule has 2 aromatic rings. The van der Waals surface area contributed by atoms with Crippen LogP contribution in [-0.2, 0) is 0 Å². The summed E-state index contributed by atoms with van der Waals surface area (Å²) in [4.78, 5) is 2.43. The van der Waals surface area contributed by atoms with E-state index < -0.39 is 0 Å². The lowest BCUT2D eigenvalue weighted by Gasteiger charge is -2.13. The van der Waals surface area contributed by atoms with Gasteiger partial charge in [-0.1, -0.05) is 48.0 Å². The summed E-state index contributed by atoms with van der Waals surface area (Å²) in [6, 6.07) is 12.8. The number of rotatable bonds is 10. The third kappa shape index (κ3) is 5.98. The standard InChI is InChI=1S/C27H37N2O/c1-5-12-25-13-8-9-14-26(25)30-18-11-7-6-10-15-28-16-17-29(21-28)27-23(3)19-22(2)20-24(27)4/h5,8-9,12-14,19-21H,6-7,10-11,15-18H2,1-4H3/q+1/b12-5-. The number of benzene rings is 2. The summed E-state index contributed by atoms with van der Waals surface area (Å²) in [6.07, 6.45) is 11.3. The predicted molar refractivity (Wildman–Crippen MR) is 129 cm³/mol. The molecule has 1 aliphatic heterocycles. The maximum atomic E-state index is 5.99. The van der Waals surface area contributed by atoms with Crippen LogP contribution >= 0.6 is 0 Å². The van der Waals surface area contributed by atoms with Crippen LogP contribution in [0.25, 0.3) is 6.08 Å². The Morgan fingerprint density at radius 1 is 1.00 bits per heavy atom. The summed E-state index contributed by atoms with van der Waals surface area (Å²) in [5.41, 5.74) is 6.65. The number of allylic oxidation sites excluding steroid dienone is 1. The molecule has 0 fully saturated rings. The molecule has 30 heavy (non-hydrogen) atoms. The van der Waals surface area contributed by atoms with E-state index in [9.17, 15) is 0 Å². The number of para-hydroxylation sites is 1. The van der Waals surface area contributed by atoms with Crippen molar-refractivity contribution in [2.24, 2.45) is 0 Å². The molecule has 1 heterocycles. The summed E-state index contributed by atoms with van der Waals surface area (Å²) in [5, 5.41) is 0. The molecule has 0 aromatic heterocycles. The van der Waals surface area contributed by atoms with Crippen molar-refractivity contribution in [1.82, 2.24) is 0 Å². The van der Waals surface area contributed by atoms with Crippen LogP contribution in [0.2, 0.25) is 0 Å². The Balaban J connectivity index is 1.37. The molecule has 0 saturated carbocycles. The van der Waals surface area contributed by atoms with E-state index in [-0.39, 0.29) is 0 Å². The molecule has 0 radical (unpaired) electrons. The van der Waals surface area contributed by atoms with E-state index in [1.807, 2.05) is 13.0 Å². The Labute approximate surface area is 182 Å². The molecule has 0 bridgehead atoms. The molecule has 3 rings (SSSR count). The second-order valence-electron chi connectivity index (χ2n) is 8.39. The number of hydrogen-bond acceptors (Lipinski definition) is 2. The Bertz CT molecular complexity index is 874. The third-order valence-corrected chi connectivity index (χ3v) is 5.72. The molecule has 0 saturated heterocycles. The van der Waals surface area contributed by atoms with E-state index in [0.717, 1.165) is 44.0 Å². The number of unbranched alkanes of at least 4 members (excludes halogenated alkanes) is 3. The molecular formula is C27H37N2O+. The quantitative estimate of drug-likeness (QED) is 0.348. The second-order valence-corrected chi connectivity index (χ2v) is 8.39. The third-order valence-electron chi connectivity index (χ3n) is 5.72. The van der Waals surface area contributed by atoms with Gasteiger partial charge in [-0.25, -0.2) is 4.90 Å². The Hall–Kier alpha value is -2.55. The molecule has 0 aliphatic carbocycles. The van der Waals surface area contributed by atoms with Crippen molar-refractivity contribution in [2.45, 2.75) is 53.4 Å². The molecule has 160 valence electrons. The van der Waals surface area contributed by atoms with E-state index in [4.69, 9.17) is 4.74 Å². The molecule has 0 atom stereocenters. The smallest absolute Gasteiger partial charge is 0.239 e. The zero-order valence-corrected chi connectivity index (χ0v) is 19.2. The van der Waals surface area contributed by atoms with Gasteiger partial charge in [-0.2, -0.15) is 0 Å². The van der Waals surface area contributed by atoms with E-state index >= 15 is 0 Å². The molecule has 0 unspecified atom stereocenters. The average Bonchev–Trinajstić information content (AvgIpc) is 3.16. The Morgan fingerprint density at radius 2 is 1.73 bits per heavy atom. The van der Waals surface area contributed by atoms with Crippen LogP contribution in [0.5, 0.6) is 5.75 Å². The lowest BCUT2D eigenvalue weighted by Crippen LogP contribution is -2.20. The Morgan fingerprint density at radius 3 is 2.50 bits per heavy atom. The first-order valence-corrected chi connectivity index (χ1v) is 11.4. The van der Waals surface area contributed by atoms with Gasteiger partial charge in [-0.05, 0) is 70.6 Å². The van der Waals surface area contributed by atoms with Gasteiger partial charge in [0.15, 0.2) is 0 Å². The van der Waals surface area contributed by atoms with E-state index in [2.05, 4.69) is 79.1 Å². The summed E-state index contributed by atoms with van der Waals surface area (Å²) in [7, 11) is 0. The highest BCUT2D eigenvalue weighted by molar-refractivity contribution is 5.80. The van der Waals surface area contributed by atoms with Gasteiger partial charge in [0.05, 0.1) is 13.2 Å². The SMILES string of the molecule is C/C=C\c1ccccc1OCCCCCC[N+]1=CN(c2c(C)cc(C)cc2C)CC1. The van der Waals surface area contributed by atoms with Crippen LogP contribution in [0.4, 0.5) is 5.69 Å².